The molecular formula is C39H41N3. The zero-order chi connectivity index (χ0) is 29.0. The van der Waals surface area contributed by atoms with Gasteiger partial charge in [-0.05, 0) is 65.8 Å². The van der Waals surface area contributed by atoms with E-state index in [0.717, 1.165) is 42.1 Å². The molecule has 0 aromatic heterocycles. The van der Waals surface area contributed by atoms with Crippen LogP contribution < -0.4 is 0 Å². The van der Waals surface area contributed by atoms with Crippen LogP contribution in [0.4, 0.5) is 0 Å². The Bertz CT molecular complexity index is 1670. The first-order valence-electron chi connectivity index (χ1n) is 15.5. The Balaban J connectivity index is 1.26. The van der Waals surface area contributed by atoms with E-state index in [1.165, 1.54) is 33.4 Å². The molecule has 3 heteroatoms. The Hall–Kier alpha value is -3.98. The van der Waals surface area contributed by atoms with Gasteiger partial charge in [0.15, 0.2) is 5.84 Å². The molecule has 3 aliphatic carbocycles. The quantitative estimate of drug-likeness (QED) is 0.298. The number of aliphatic imine (C=N–C) groups is 2. The number of nitrogens with zero attached hydrogens (tertiary/aromatic N) is 3. The van der Waals surface area contributed by atoms with Crippen molar-refractivity contribution in [1.29, 1.82) is 0 Å². The number of aryl methyl sites for hydroxylation is 1. The Labute approximate surface area is 251 Å². The van der Waals surface area contributed by atoms with Crippen LogP contribution in [-0.2, 0) is 5.41 Å². The number of amidine groups is 2. The zero-order valence-corrected chi connectivity index (χ0v) is 25.5. The second-order valence-corrected chi connectivity index (χ2v) is 13.1. The molecule has 0 radical (unpaired) electrons. The lowest BCUT2D eigenvalue weighted by atomic mass is 9.77. The lowest BCUT2D eigenvalue weighted by Gasteiger charge is -2.35. The molecule has 212 valence electrons. The van der Waals surface area contributed by atoms with Crippen molar-refractivity contribution in [2.24, 2.45) is 15.9 Å². The molecule has 0 spiro atoms. The third-order valence-corrected chi connectivity index (χ3v) is 10.2. The van der Waals surface area contributed by atoms with Crippen LogP contribution in [0.2, 0.25) is 0 Å². The highest BCUT2D eigenvalue weighted by Crippen LogP contribution is 2.54. The number of fused-ring (bicyclic) bond motifs is 3. The van der Waals surface area contributed by atoms with Crippen molar-refractivity contribution in [3.63, 3.8) is 0 Å². The molecule has 0 saturated heterocycles. The molecular weight excluding hydrogens is 510 g/mol. The molecule has 4 aliphatic rings. The van der Waals surface area contributed by atoms with E-state index in [1.807, 2.05) is 0 Å². The third kappa shape index (κ3) is 4.42. The molecule has 4 unspecified atom stereocenters. The standard InChI is InChI=1S/C39H41N3/c1-25-12-9-10-16-31(25)27-18-20-29(21-19-27)37-40-36(28-14-7-6-8-15-28)41-38(42(37)5)30-22-23-32-34(24-30)39(3,4)33-17-11-13-26(2)35(32)33/h6-11,13-15,17-22,24-25,31-32,38H,12,16,23H2,1-5H3. The summed E-state index contributed by atoms with van der Waals surface area (Å²) < 4.78 is 0. The van der Waals surface area contributed by atoms with Gasteiger partial charge in [-0.3, -0.25) is 0 Å². The Morgan fingerprint density at radius 1 is 0.833 bits per heavy atom. The molecule has 1 aliphatic heterocycles. The maximum atomic E-state index is 5.30. The van der Waals surface area contributed by atoms with Gasteiger partial charge in [-0.15, -0.1) is 0 Å². The number of rotatable bonds is 4. The minimum absolute atomic E-state index is 0.00291. The first-order chi connectivity index (χ1) is 20.3. The number of likely N-dealkylation sites (N-methyl/N-ethyl adjacent to an activating group) is 1. The molecule has 3 nitrogen and oxygen atoms in total. The van der Waals surface area contributed by atoms with Crippen LogP contribution in [0, 0.1) is 12.8 Å². The fourth-order valence-electron chi connectivity index (χ4n) is 7.75. The van der Waals surface area contributed by atoms with Crippen molar-refractivity contribution in [3.05, 3.63) is 142 Å². The fourth-order valence-corrected chi connectivity index (χ4v) is 7.75. The molecule has 0 fully saturated rings. The molecule has 0 N–H and O–H groups in total. The molecule has 0 bridgehead atoms. The number of allylic oxidation sites excluding steroid dienone is 4. The van der Waals surface area contributed by atoms with Crippen molar-refractivity contribution >= 4 is 11.7 Å². The van der Waals surface area contributed by atoms with Gasteiger partial charge in [0.1, 0.15) is 12.0 Å². The zero-order valence-electron chi connectivity index (χ0n) is 25.5. The van der Waals surface area contributed by atoms with Crippen molar-refractivity contribution in [3.8, 4) is 0 Å². The summed E-state index contributed by atoms with van der Waals surface area (Å²) >= 11 is 0. The van der Waals surface area contributed by atoms with E-state index in [2.05, 4.69) is 137 Å². The SMILES string of the molecule is Cc1cccc2c1C1CC=C(C3N=C(c4ccccc4)N=C(c4ccc(C5CC=CCC5C)cc4)N3C)C=C1C2(C)C. The second kappa shape index (κ2) is 10.4. The minimum atomic E-state index is -0.134. The van der Waals surface area contributed by atoms with Gasteiger partial charge in [0.2, 0.25) is 0 Å². The largest absolute Gasteiger partial charge is 0.333 e. The normalized spacial score (nSPS) is 26.1. The van der Waals surface area contributed by atoms with Crippen LogP contribution in [0.25, 0.3) is 0 Å². The predicted molar refractivity (Wildman–Crippen MR) is 176 cm³/mol. The van der Waals surface area contributed by atoms with Crippen LogP contribution in [0.3, 0.4) is 0 Å². The van der Waals surface area contributed by atoms with Gasteiger partial charge in [-0.2, -0.15) is 0 Å². The highest BCUT2D eigenvalue weighted by Gasteiger charge is 2.44. The van der Waals surface area contributed by atoms with E-state index >= 15 is 0 Å². The smallest absolute Gasteiger partial charge is 0.159 e. The van der Waals surface area contributed by atoms with Gasteiger partial charge in [-0.25, -0.2) is 9.98 Å². The van der Waals surface area contributed by atoms with Crippen molar-refractivity contribution in [1.82, 2.24) is 4.90 Å². The summed E-state index contributed by atoms with van der Waals surface area (Å²) in [6.45, 7) is 9.42. The fraction of sp³-hybridized carbons (Fsp3) is 0.333. The first kappa shape index (κ1) is 26.9. The van der Waals surface area contributed by atoms with Crippen molar-refractivity contribution in [2.75, 3.05) is 7.05 Å². The van der Waals surface area contributed by atoms with Crippen LogP contribution in [0.15, 0.2) is 118 Å². The second-order valence-electron chi connectivity index (χ2n) is 13.1. The summed E-state index contributed by atoms with van der Waals surface area (Å²) in [6.07, 6.45) is 12.7. The summed E-state index contributed by atoms with van der Waals surface area (Å²) in [5.74, 6) is 3.47. The van der Waals surface area contributed by atoms with Crippen LogP contribution in [0.5, 0.6) is 0 Å². The summed E-state index contributed by atoms with van der Waals surface area (Å²) in [6, 6.07) is 26.4. The summed E-state index contributed by atoms with van der Waals surface area (Å²) in [5.41, 5.74) is 10.8. The summed E-state index contributed by atoms with van der Waals surface area (Å²) in [5, 5.41) is 0. The topological polar surface area (TPSA) is 28.0 Å². The maximum Gasteiger partial charge on any atom is 0.159 e. The predicted octanol–water partition coefficient (Wildman–Crippen LogP) is 8.86. The molecule has 3 aromatic rings. The highest BCUT2D eigenvalue weighted by molar-refractivity contribution is 6.13. The van der Waals surface area contributed by atoms with Crippen LogP contribution in [-0.4, -0.2) is 29.8 Å². The molecule has 0 saturated carbocycles. The van der Waals surface area contributed by atoms with Gasteiger partial charge in [0.05, 0.1) is 0 Å². The van der Waals surface area contributed by atoms with Gasteiger partial charge in [0.25, 0.3) is 0 Å². The monoisotopic (exact) mass is 551 g/mol. The Morgan fingerprint density at radius 3 is 2.36 bits per heavy atom. The van der Waals surface area contributed by atoms with Gasteiger partial charge >= 0.3 is 0 Å². The third-order valence-electron chi connectivity index (χ3n) is 10.2. The number of hydrogen-bond acceptors (Lipinski definition) is 3. The Kier molecular flexibility index (Phi) is 6.65. The van der Waals surface area contributed by atoms with E-state index in [1.54, 1.807) is 0 Å². The van der Waals surface area contributed by atoms with Crippen LogP contribution >= 0.6 is 0 Å². The molecule has 42 heavy (non-hydrogen) atoms. The summed E-state index contributed by atoms with van der Waals surface area (Å²) in [4.78, 5) is 12.7. The molecule has 3 aromatic carbocycles. The maximum absolute atomic E-state index is 5.30. The summed E-state index contributed by atoms with van der Waals surface area (Å²) in [7, 11) is 2.15. The lowest BCUT2D eigenvalue weighted by Crippen LogP contribution is -2.42. The highest BCUT2D eigenvalue weighted by atomic mass is 15.3. The average Bonchev–Trinajstić information content (AvgIpc) is 3.25. The number of hydrogen-bond donors (Lipinski definition) is 0. The minimum Gasteiger partial charge on any atom is -0.333 e. The van der Waals surface area contributed by atoms with E-state index in [9.17, 15) is 0 Å². The molecule has 1 heterocycles. The van der Waals surface area contributed by atoms with E-state index in [-0.39, 0.29) is 11.6 Å². The lowest BCUT2D eigenvalue weighted by molar-refractivity contribution is 0.417. The van der Waals surface area contributed by atoms with E-state index in [0.29, 0.717) is 17.8 Å². The van der Waals surface area contributed by atoms with Gasteiger partial charge in [0, 0.05) is 29.5 Å². The van der Waals surface area contributed by atoms with E-state index in [4.69, 9.17) is 9.98 Å². The average molecular weight is 552 g/mol. The van der Waals surface area contributed by atoms with Gasteiger partial charge < -0.3 is 4.90 Å². The van der Waals surface area contributed by atoms with E-state index < -0.39 is 0 Å². The van der Waals surface area contributed by atoms with Crippen LogP contribution in [0.1, 0.15) is 85.3 Å². The number of benzene rings is 3. The van der Waals surface area contributed by atoms with Crippen molar-refractivity contribution in [2.45, 2.75) is 70.4 Å². The molecule has 4 atom stereocenters. The molecule has 7 rings (SSSR count). The molecule has 0 amide bonds. The van der Waals surface area contributed by atoms with Gasteiger partial charge in [-0.1, -0.05) is 123 Å². The van der Waals surface area contributed by atoms with Crippen molar-refractivity contribution < 1.29 is 0 Å². The first-order valence-corrected chi connectivity index (χ1v) is 15.5. The Morgan fingerprint density at radius 2 is 1.60 bits per heavy atom.